The molecule has 0 N–H and O–H groups in total. The van der Waals surface area contributed by atoms with Crippen LogP contribution >= 0.6 is 0 Å². The molecule has 0 radical (unpaired) electrons. The number of benzene rings is 3. The minimum atomic E-state index is -0.724. The van der Waals surface area contributed by atoms with Crippen molar-refractivity contribution in [3.8, 4) is 0 Å². The quantitative estimate of drug-likeness (QED) is 0.0982. The first-order valence-corrected chi connectivity index (χ1v) is 19.4. The Morgan fingerprint density at radius 3 is 1.50 bits per heavy atom. The lowest BCUT2D eigenvalue weighted by Gasteiger charge is -2.29. The SMILES string of the molecule is CCCCCOC1CCC(c2ccc(C(=O)OC[C@@H](OC(=O)c3ccc(C4CCC(OCCCCC)CC4)cc3)c3ccccc3)cc2)CC1. The van der Waals surface area contributed by atoms with Crippen LogP contribution in [0.3, 0.4) is 0 Å². The molecule has 2 aliphatic rings. The summed E-state index contributed by atoms with van der Waals surface area (Å²) >= 11 is 0. The minimum Gasteiger partial charge on any atom is -0.458 e. The first-order chi connectivity index (χ1) is 24.5. The molecule has 3 aromatic rings. The van der Waals surface area contributed by atoms with E-state index in [1.807, 2.05) is 54.6 Å². The maximum absolute atomic E-state index is 13.3. The van der Waals surface area contributed by atoms with E-state index in [0.717, 1.165) is 83.0 Å². The summed E-state index contributed by atoms with van der Waals surface area (Å²) in [5, 5.41) is 0. The van der Waals surface area contributed by atoms with Gasteiger partial charge in [0.25, 0.3) is 0 Å². The number of ether oxygens (including phenoxy) is 4. The Balaban J connectivity index is 1.10. The molecule has 0 heterocycles. The molecule has 3 aromatic carbocycles. The van der Waals surface area contributed by atoms with Crippen molar-refractivity contribution in [3.63, 3.8) is 0 Å². The number of esters is 2. The van der Waals surface area contributed by atoms with Gasteiger partial charge in [-0.3, -0.25) is 0 Å². The van der Waals surface area contributed by atoms with Crippen LogP contribution in [0.1, 0.15) is 159 Å². The van der Waals surface area contributed by atoms with Gasteiger partial charge >= 0.3 is 11.9 Å². The van der Waals surface area contributed by atoms with E-state index in [1.165, 1.54) is 36.8 Å². The van der Waals surface area contributed by atoms with Gasteiger partial charge in [-0.1, -0.05) is 94.1 Å². The fourth-order valence-corrected chi connectivity index (χ4v) is 7.41. The smallest absolute Gasteiger partial charge is 0.338 e. The zero-order valence-corrected chi connectivity index (χ0v) is 30.4. The van der Waals surface area contributed by atoms with Gasteiger partial charge < -0.3 is 18.9 Å². The summed E-state index contributed by atoms with van der Waals surface area (Å²) in [5.74, 6) is 0.108. The van der Waals surface area contributed by atoms with Crippen molar-refractivity contribution >= 4 is 11.9 Å². The molecule has 6 heteroatoms. The Morgan fingerprint density at radius 2 is 1.04 bits per heavy atom. The van der Waals surface area contributed by atoms with Gasteiger partial charge in [0, 0.05) is 13.2 Å². The molecule has 0 unspecified atom stereocenters. The van der Waals surface area contributed by atoms with E-state index < -0.39 is 18.0 Å². The van der Waals surface area contributed by atoms with Crippen LogP contribution in [-0.4, -0.2) is 44.0 Å². The number of carbonyl (C=O) groups excluding carboxylic acids is 2. The van der Waals surface area contributed by atoms with Crippen LogP contribution < -0.4 is 0 Å². The van der Waals surface area contributed by atoms with E-state index in [-0.39, 0.29) is 6.61 Å². The highest BCUT2D eigenvalue weighted by Crippen LogP contribution is 2.36. The third-order valence-corrected chi connectivity index (χ3v) is 10.6. The maximum Gasteiger partial charge on any atom is 0.338 e. The molecule has 270 valence electrons. The summed E-state index contributed by atoms with van der Waals surface area (Å²) < 4.78 is 23.9. The van der Waals surface area contributed by atoms with Crippen molar-refractivity contribution in [2.75, 3.05) is 19.8 Å². The minimum absolute atomic E-state index is 0.0690. The molecule has 2 saturated carbocycles. The van der Waals surface area contributed by atoms with E-state index in [2.05, 4.69) is 38.1 Å². The first-order valence-electron chi connectivity index (χ1n) is 19.4. The molecule has 5 rings (SSSR count). The number of hydrogen-bond acceptors (Lipinski definition) is 6. The van der Waals surface area contributed by atoms with Crippen molar-refractivity contribution in [1.82, 2.24) is 0 Å². The molecular weight excluding hydrogens is 624 g/mol. The molecule has 0 spiro atoms. The highest BCUT2D eigenvalue weighted by Gasteiger charge is 2.26. The van der Waals surface area contributed by atoms with E-state index in [1.54, 1.807) is 0 Å². The van der Waals surface area contributed by atoms with Gasteiger partial charge in [-0.15, -0.1) is 0 Å². The van der Waals surface area contributed by atoms with Crippen molar-refractivity contribution < 1.29 is 28.5 Å². The highest BCUT2D eigenvalue weighted by molar-refractivity contribution is 5.90. The van der Waals surface area contributed by atoms with Gasteiger partial charge in [-0.05, 0) is 117 Å². The van der Waals surface area contributed by atoms with Crippen LogP contribution in [0.5, 0.6) is 0 Å². The molecule has 0 saturated heterocycles. The zero-order valence-electron chi connectivity index (χ0n) is 30.4. The van der Waals surface area contributed by atoms with Crippen LogP contribution in [0.25, 0.3) is 0 Å². The summed E-state index contributed by atoms with van der Waals surface area (Å²) in [6, 6.07) is 25.1. The molecule has 50 heavy (non-hydrogen) atoms. The van der Waals surface area contributed by atoms with Gasteiger partial charge in [0.15, 0.2) is 6.10 Å². The molecule has 0 amide bonds. The first kappa shape index (κ1) is 37.8. The molecule has 6 nitrogen and oxygen atoms in total. The summed E-state index contributed by atoms with van der Waals surface area (Å²) in [6.07, 6.45) is 15.9. The average Bonchev–Trinajstić information content (AvgIpc) is 3.17. The Morgan fingerprint density at radius 1 is 0.580 bits per heavy atom. The Hall–Kier alpha value is -3.48. The maximum atomic E-state index is 13.3. The molecule has 0 bridgehead atoms. The van der Waals surface area contributed by atoms with Gasteiger partial charge in [-0.25, -0.2) is 9.59 Å². The highest BCUT2D eigenvalue weighted by atomic mass is 16.6. The monoisotopic (exact) mass is 682 g/mol. The lowest BCUT2D eigenvalue weighted by molar-refractivity contribution is -0.00134. The van der Waals surface area contributed by atoms with Gasteiger partial charge in [-0.2, -0.15) is 0 Å². The van der Waals surface area contributed by atoms with Crippen LogP contribution in [0.4, 0.5) is 0 Å². The third kappa shape index (κ3) is 11.5. The van der Waals surface area contributed by atoms with Crippen LogP contribution in [0.2, 0.25) is 0 Å². The average molecular weight is 683 g/mol. The molecular formula is C44H58O6. The summed E-state index contributed by atoms with van der Waals surface area (Å²) in [6.45, 7) is 6.10. The molecule has 1 atom stereocenters. The van der Waals surface area contributed by atoms with E-state index in [4.69, 9.17) is 18.9 Å². The van der Waals surface area contributed by atoms with Crippen molar-refractivity contribution in [2.24, 2.45) is 0 Å². The second kappa shape index (κ2) is 20.4. The molecule has 0 aliphatic heterocycles. The van der Waals surface area contributed by atoms with Crippen LogP contribution in [0.15, 0.2) is 78.9 Å². The fourth-order valence-electron chi connectivity index (χ4n) is 7.41. The summed E-state index contributed by atoms with van der Waals surface area (Å²) in [7, 11) is 0. The van der Waals surface area contributed by atoms with E-state index in [0.29, 0.717) is 35.2 Å². The zero-order chi connectivity index (χ0) is 35.0. The van der Waals surface area contributed by atoms with Gasteiger partial charge in [0.1, 0.15) is 6.61 Å². The summed E-state index contributed by atoms with van der Waals surface area (Å²) in [5.41, 5.74) is 4.27. The Bertz CT molecular complexity index is 1400. The van der Waals surface area contributed by atoms with Crippen LogP contribution in [0, 0.1) is 0 Å². The second-order valence-corrected chi connectivity index (χ2v) is 14.3. The summed E-state index contributed by atoms with van der Waals surface area (Å²) in [4.78, 5) is 26.4. The molecule has 0 aromatic heterocycles. The van der Waals surface area contributed by atoms with Gasteiger partial charge in [0.2, 0.25) is 0 Å². The second-order valence-electron chi connectivity index (χ2n) is 14.3. The number of rotatable bonds is 18. The fraction of sp³-hybridized carbons (Fsp3) is 0.545. The lowest BCUT2D eigenvalue weighted by atomic mass is 9.82. The Labute approximate surface area is 300 Å². The van der Waals surface area contributed by atoms with Crippen molar-refractivity contribution in [2.45, 2.75) is 134 Å². The largest absolute Gasteiger partial charge is 0.458 e. The molecule has 2 fully saturated rings. The normalized spacial score (nSPS) is 21.3. The van der Waals surface area contributed by atoms with Crippen molar-refractivity contribution in [3.05, 3.63) is 107 Å². The van der Waals surface area contributed by atoms with E-state index in [9.17, 15) is 9.59 Å². The van der Waals surface area contributed by atoms with Gasteiger partial charge in [0.05, 0.1) is 23.3 Å². The Kier molecular flexibility index (Phi) is 15.4. The van der Waals surface area contributed by atoms with E-state index >= 15 is 0 Å². The topological polar surface area (TPSA) is 71.1 Å². The number of hydrogen-bond donors (Lipinski definition) is 0. The standard InChI is InChI=1S/C44H58O6/c1-3-5-10-30-47-40-26-22-35(23-27-40)33-14-18-38(19-15-33)43(45)49-32-42(37-12-8-7-9-13-37)50-44(46)39-20-16-34(17-21-39)36-24-28-41(29-25-36)48-31-11-6-4-2/h7-9,12-21,35-36,40-42H,3-6,10-11,22-32H2,1-2H3/t35?,36?,40?,41?,42-/m1/s1. The predicted octanol–water partition coefficient (Wildman–Crippen LogP) is 10.9. The number of unbranched alkanes of at least 4 members (excludes halogenated alkanes) is 4. The van der Waals surface area contributed by atoms with Crippen molar-refractivity contribution in [1.29, 1.82) is 0 Å². The lowest BCUT2D eigenvalue weighted by Crippen LogP contribution is -2.21. The predicted molar refractivity (Wildman–Crippen MR) is 199 cm³/mol. The molecule has 2 aliphatic carbocycles. The third-order valence-electron chi connectivity index (χ3n) is 10.6. The van der Waals surface area contributed by atoms with Crippen LogP contribution in [-0.2, 0) is 18.9 Å². The number of carbonyl (C=O) groups is 2.